The number of benzene rings is 2. The first kappa shape index (κ1) is 26.7. The van der Waals surface area contributed by atoms with Crippen LogP contribution in [0.3, 0.4) is 0 Å². The van der Waals surface area contributed by atoms with Gasteiger partial charge in [0.1, 0.15) is 0 Å². The summed E-state index contributed by atoms with van der Waals surface area (Å²) in [5.74, 6) is -0.173. The molecule has 0 N–H and O–H groups in total. The third kappa shape index (κ3) is 7.07. The summed E-state index contributed by atoms with van der Waals surface area (Å²) < 4.78 is 44.4. The van der Waals surface area contributed by atoms with Crippen LogP contribution in [0.1, 0.15) is 53.2 Å². The topological polar surface area (TPSA) is 49.9 Å². The lowest BCUT2D eigenvalue weighted by Gasteiger charge is -2.40. The molecule has 2 aromatic carbocycles. The molecule has 1 atom stereocenters. The lowest BCUT2D eigenvalue weighted by molar-refractivity contribution is -0.138. The van der Waals surface area contributed by atoms with Crippen molar-refractivity contribution in [3.63, 3.8) is 0 Å². The van der Waals surface area contributed by atoms with Gasteiger partial charge in [-0.05, 0) is 67.6 Å². The van der Waals surface area contributed by atoms with Gasteiger partial charge < -0.3 is 9.64 Å². The molecule has 1 fully saturated rings. The predicted octanol–water partition coefficient (Wildman–Crippen LogP) is 5.18. The van der Waals surface area contributed by atoms with Crippen molar-refractivity contribution in [3.05, 3.63) is 70.8 Å². The van der Waals surface area contributed by atoms with Crippen molar-refractivity contribution in [2.45, 2.75) is 51.4 Å². The van der Waals surface area contributed by atoms with Gasteiger partial charge in [-0.2, -0.15) is 13.2 Å². The smallest absolute Gasteiger partial charge is 0.416 e. The van der Waals surface area contributed by atoms with Gasteiger partial charge >= 0.3 is 12.1 Å². The van der Waals surface area contributed by atoms with E-state index in [9.17, 15) is 22.8 Å². The second-order valence-corrected chi connectivity index (χ2v) is 9.13. The van der Waals surface area contributed by atoms with Crippen LogP contribution in [0, 0.1) is 5.92 Å². The van der Waals surface area contributed by atoms with E-state index in [4.69, 9.17) is 4.74 Å². The summed E-state index contributed by atoms with van der Waals surface area (Å²) >= 11 is 0. The first-order valence-electron chi connectivity index (χ1n) is 11.9. The SMILES string of the molecule is CCC(=O)N(C)C(Cc1cccc(C(F)(F)F)c1)C1CCN(Cc2ccc(C(=O)OC)cc2)CC1. The number of carbonyl (C=O) groups excluding carboxylic acids is 2. The Kier molecular flexibility index (Phi) is 8.94. The number of likely N-dealkylation sites (N-methyl/N-ethyl adjacent to an activating group) is 1. The molecule has 5 nitrogen and oxygen atoms in total. The minimum absolute atomic E-state index is 0.00454. The standard InChI is InChI=1S/C27H33F3N2O3/c1-4-25(33)31(2)24(17-20-6-5-7-23(16-20)27(28,29)30)21-12-14-32(15-13-21)18-19-8-10-22(11-9-19)26(34)35-3/h5-11,16,21,24H,4,12-15,17-18H2,1-3H3. The first-order valence-corrected chi connectivity index (χ1v) is 11.9. The minimum Gasteiger partial charge on any atom is -0.465 e. The van der Waals surface area contributed by atoms with Crippen LogP contribution in [-0.2, 0) is 28.7 Å². The molecule has 190 valence electrons. The summed E-state index contributed by atoms with van der Waals surface area (Å²) in [6, 6.07) is 12.6. The number of ether oxygens (including phenoxy) is 1. The number of esters is 1. The Morgan fingerprint density at radius 2 is 1.74 bits per heavy atom. The Hall–Kier alpha value is -2.87. The first-order chi connectivity index (χ1) is 16.6. The van der Waals surface area contributed by atoms with Gasteiger partial charge in [0, 0.05) is 26.1 Å². The maximum absolute atomic E-state index is 13.2. The monoisotopic (exact) mass is 490 g/mol. The summed E-state index contributed by atoms with van der Waals surface area (Å²) in [4.78, 5) is 28.2. The summed E-state index contributed by atoms with van der Waals surface area (Å²) in [5, 5.41) is 0. The zero-order valence-corrected chi connectivity index (χ0v) is 20.5. The molecule has 0 saturated carbocycles. The van der Waals surface area contributed by atoms with Crippen LogP contribution >= 0.6 is 0 Å². The van der Waals surface area contributed by atoms with E-state index in [2.05, 4.69) is 4.90 Å². The van der Waals surface area contributed by atoms with Crippen LogP contribution in [-0.4, -0.2) is 55.0 Å². The number of hydrogen-bond donors (Lipinski definition) is 0. The molecule has 3 rings (SSSR count). The Balaban J connectivity index is 1.67. The number of carbonyl (C=O) groups is 2. The molecule has 1 amide bonds. The lowest BCUT2D eigenvalue weighted by atomic mass is 9.84. The van der Waals surface area contributed by atoms with E-state index in [0.29, 0.717) is 24.0 Å². The quantitative estimate of drug-likeness (QED) is 0.479. The zero-order valence-electron chi connectivity index (χ0n) is 20.5. The maximum Gasteiger partial charge on any atom is 0.416 e. The molecule has 0 aromatic heterocycles. The summed E-state index contributed by atoms with van der Waals surface area (Å²) in [5.41, 5.74) is 1.53. The third-order valence-electron chi connectivity index (χ3n) is 6.85. The van der Waals surface area contributed by atoms with Crippen molar-refractivity contribution in [2.24, 2.45) is 5.92 Å². The maximum atomic E-state index is 13.2. The van der Waals surface area contributed by atoms with E-state index >= 15 is 0 Å². The number of nitrogens with zero attached hydrogens (tertiary/aromatic N) is 2. The molecule has 0 bridgehead atoms. The Bertz CT molecular complexity index is 999. The third-order valence-corrected chi connectivity index (χ3v) is 6.85. The van der Waals surface area contributed by atoms with Crippen molar-refractivity contribution < 1.29 is 27.5 Å². The molecule has 1 saturated heterocycles. The molecule has 0 radical (unpaired) electrons. The molecular formula is C27H33F3N2O3. The highest BCUT2D eigenvalue weighted by molar-refractivity contribution is 5.89. The van der Waals surface area contributed by atoms with Gasteiger partial charge in [-0.15, -0.1) is 0 Å². The van der Waals surface area contributed by atoms with Crippen LogP contribution < -0.4 is 0 Å². The van der Waals surface area contributed by atoms with Crippen molar-refractivity contribution in [1.29, 1.82) is 0 Å². The summed E-state index contributed by atoms with van der Waals surface area (Å²) in [6.45, 7) is 4.21. The molecule has 2 aromatic rings. The number of likely N-dealkylation sites (tertiary alicyclic amines) is 1. The van der Waals surface area contributed by atoms with E-state index in [-0.39, 0.29) is 23.8 Å². The van der Waals surface area contributed by atoms with Gasteiger partial charge in [0.05, 0.1) is 18.2 Å². The summed E-state index contributed by atoms with van der Waals surface area (Å²) in [6.07, 6.45) is -1.94. The van der Waals surface area contributed by atoms with Crippen LogP contribution in [0.15, 0.2) is 48.5 Å². The number of alkyl halides is 3. The van der Waals surface area contributed by atoms with Gasteiger partial charge in [0.25, 0.3) is 0 Å². The van der Waals surface area contributed by atoms with Crippen LogP contribution in [0.4, 0.5) is 13.2 Å². The highest BCUT2D eigenvalue weighted by Crippen LogP contribution is 2.32. The van der Waals surface area contributed by atoms with Crippen molar-refractivity contribution in [3.8, 4) is 0 Å². The Morgan fingerprint density at radius 3 is 2.31 bits per heavy atom. The van der Waals surface area contributed by atoms with Gasteiger partial charge in [0.2, 0.25) is 5.91 Å². The highest BCUT2D eigenvalue weighted by Gasteiger charge is 2.33. The van der Waals surface area contributed by atoms with Crippen molar-refractivity contribution in [2.75, 3.05) is 27.2 Å². The zero-order chi connectivity index (χ0) is 25.6. The molecule has 35 heavy (non-hydrogen) atoms. The van der Waals surface area contributed by atoms with Crippen LogP contribution in [0.2, 0.25) is 0 Å². The van der Waals surface area contributed by atoms with E-state index in [1.54, 1.807) is 37.1 Å². The highest BCUT2D eigenvalue weighted by atomic mass is 19.4. The fourth-order valence-electron chi connectivity index (χ4n) is 4.79. The number of methoxy groups -OCH3 is 1. The van der Waals surface area contributed by atoms with E-state index in [1.807, 2.05) is 12.1 Å². The van der Waals surface area contributed by atoms with E-state index in [1.165, 1.54) is 19.2 Å². The number of amides is 1. The van der Waals surface area contributed by atoms with Crippen LogP contribution in [0.25, 0.3) is 0 Å². The second-order valence-electron chi connectivity index (χ2n) is 9.13. The van der Waals surface area contributed by atoms with E-state index < -0.39 is 11.7 Å². The van der Waals surface area contributed by atoms with E-state index in [0.717, 1.165) is 44.1 Å². The van der Waals surface area contributed by atoms with Crippen molar-refractivity contribution in [1.82, 2.24) is 9.80 Å². The normalized spacial score (nSPS) is 16.1. The lowest BCUT2D eigenvalue weighted by Crippen LogP contribution is -2.47. The molecule has 0 aliphatic carbocycles. The predicted molar refractivity (Wildman–Crippen MR) is 128 cm³/mol. The van der Waals surface area contributed by atoms with Gasteiger partial charge in [-0.3, -0.25) is 9.69 Å². The minimum atomic E-state index is -4.39. The number of piperidine rings is 1. The van der Waals surface area contributed by atoms with Crippen LogP contribution in [0.5, 0.6) is 0 Å². The number of hydrogen-bond acceptors (Lipinski definition) is 4. The molecule has 1 aliphatic rings. The largest absolute Gasteiger partial charge is 0.465 e. The molecule has 1 unspecified atom stereocenters. The average Bonchev–Trinajstić information content (AvgIpc) is 2.86. The molecule has 8 heteroatoms. The second kappa shape index (κ2) is 11.7. The fraction of sp³-hybridized carbons (Fsp3) is 0.481. The molecule has 1 aliphatic heterocycles. The Labute approximate surface area is 204 Å². The number of rotatable bonds is 8. The van der Waals surface area contributed by atoms with Crippen molar-refractivity contribution >= 4 is 11.9 Å². The molecule has 1 heterocycles. The number of halogens is 3. The van der Waals surface area contributed by atoms with Gasteiger partial charge in [0.15, 0.2) is 0 Å². The Morgan fingerprint density at radius 1 is 1.09 bits per heavy atom. The summed E-state index contributed by atoms with van der Waals surface area (Å²) in [7, 11) is 3.12. The molecular weight excluding hydrogens is 457 g/mol. The molecule has 0 spiro atoms. The fourth-order valence-corrected chi connectivity index (χ4v) is 4.79. The van der Waals surface area contributed by atoms with Gasteiger partial charge in [-0.25, -0.2) is 4.79 Å². The van der Waals surface area contributed by atoms with Gasteiger partial charge in [-0.1, -0.05) is 37.3 Å². The average molecular weight is 491 g/mol.